The zero-order chi connectivity index (χ0) is 11.3. The van der Waals surface area contributed by atoms with Crippen LogP contribution in [-0.2, 0) is 4.79 Å². The molecule has 0 bridgehead atoms. The van der Waals surface area contributed by atoms with Crippen LogP contribution in [0.4, 0.5) is 0 Å². The lowest BCUT2D eigenvalue weighted by atomic mass is 9.94. The molecule has 88 valence electrons. The molecule has 2 unspecified atom stereocenters. The van der Waals surface area contributed by atoms with Crippen molar-refractivity contribution in [2.45, 2.75) is 50.3 Å². The first kappa shape index (κ1) is 12.8. The summed E-state index contributed by atoms with van der Waals surface area (Å²) in [6.07, 6.45) is 3.63. The fourth-order valence-corrected chi connectivity index (χ4v) is 2.90. The number of nitrogens with one attached hydrogen (secondary N) is 1. The van der Waals surface area contributed by atoms with E-state index in [0.29, 0.717) is 6.42 Å². The van der Waals surface area contributed by atoms with Gasteiger partial charge in [-0.1, -0.05) is 6.92 Å². The Morgan fingerprint density at radius 1 is 1.67 bits per heavy atom. The number of aliphatic hydroxyl groups is 1. The molecule has 1 amide bonds. The first-order valence-corrected chi connectivity index (χ1v) is 6.70. The van der Waals surface area contributed by atoms with Crippen LogP contribution in [0.25, 0.3) is 0 Å². The monoisotopic (exact) mass is 231 g/mol. The van der Waals surface area contributed by atoms with E-state index in [1.54, 1.807) is 11.8 Å². The lowest BCUT2D eigenvalue weighted by Gasteiger charge is -2.30. The van der Waals surface area contributed by atoms with E-state index in [1.807, 2.05) is 13.8 Å². The summed E-state index contributed by atoms with van der Waals surface area (Å²) in [5, 5.41) is 12.2. The lowest BCUT2D eigenvalue weighted by molar-refractivity contribution is -0.122. The van der Waals surface area contributed by atoms with E-state index in [4.69, 9.17) is 5.11 Å². The van der Waals surface area contributed by atoms with Gasteiger partial charge in [-0.2, -0.15) is 0 Å². The summed E-state index contributed by atoms with van der Waals surface area (Å²) in [6, 6.07) is 0. The Morgan fingerprint density at radius 3 is 2.87 bits per heavy atom. The van der Waals surface area contributed by atoms with Crippen LogP contribution in [0.3, 0.4) is 0 Å². The molecule has 0 aromatic carbocycles. The Balaban J connectivity index is 2.46. The van der Waals surface area contributed by atoms with Crippen molar-refractivity contribution in [3.8, 4) is 0 Å². The summed E-state index contributed by atoms with van der Waals surface area (Å²) < 4.78 is 0. The fraction of sp³-hybridized carbons (Fsp3) is 0.909. The van der Waals surface area contributed by atoms with E-state index in [1.165, 1.54) is 0 Å². The Labute approximate surface area is 96.0 Å². The maximum Gasteiger partial charge on any atom is 0.233 e. The maximum atomic E-state index is 11.9. The van der Waals surface area contributed by atoms with Crippen molar-refractivity contribution in [3.05, 3.63) is 0 Å². The van der Waals surface area contributed by atoms with Gasteiger partial charge in [0.25, 0.3) is 0 Å². The average molecular weight is 231 g/mol. The summed E-state index contributed by atoms with van der Waals surface area (Å²) in [5.41, 5.74) is -0.241. The minimum absolute atomic E-state index is 0.127. The summed E-state index contributed by atoms with van der Waals surface area (Å²) >= 11 is 1.75. The molecular formula is C11H21NO2S. The Kier molecular flexibility index (Phi) is 4.93. The summed E-state index contributed by atoms with van der Waals surface area (Å²) in [5.74, 6) is 1.25. The predicted molar refractivity (Wildman–Crippen MR) is 64.0 cm³/mol. The first-order valence-electron chi connectivity index (χ1n) is 5.66. The second kappa shape index (κ2) is 5.75. The van der Waals surface area contributed by atoms with E-state index in [9.17, 15) is 4.79 Å². The van der Waals surface area contributed by atoms with Gasteiger partial charge in [-0.05, 0) is 38.4 Å². The summed E-state index contributed by atoms with van der Waals surface area (Å²) in [7, 11) is 0. The molecule has 15 heavy (non-hydrogen) atoms. The third kappa shape index (κ3) is 3.68. The minimum atomic E-state index is -0.241. The normalized spacial score (nSPS) is 24.9. The highest BCUT2D eigenvalue weighted by Gasteiger charge is 2.29. The molecule has 1 aliphatic heterocycles. The van der Waals surface area contributed by atoms with E-state index in [0.717, 1.165) is 25.0 Å². The van der Waals surface area contributed by atoms with Crippen LogP contribution in [-0.4, -0.2) is 34.2 Å². The van der Waals surface area contributed by atoms with Gasteiger partial charge in [-0.25, -0.2) is 0 Å². The van der Waals surface area contributed by atoms with Crippen molar-refractivity contribution in [2.24, 2.45) is 0 Å². The number of amides is 1. The molecule has 0 spiro atoms. The molecule has 4 heteroatoms. The first-order chi connectivity index (χ1) is 7.11. The van der Waals surface area contributed by atoms with Crippen LogP contribution in [0, 0.1) is 0 Å². The molecule has 1 saturated heterocycles. The SMILES string of the molecule is CCC(C)(CCO)NC(=O)C1CCCS1. The van der Waals surface area contributed by atoms with Crippen molar-refractivity contribution in [1.82, 2.24) is 5.32 Å². The molecule has 0 aromatic rings. The predicted octanol–water partition coefficient (Wildman–Crippen LogP) is 1.55. The summed E-state index contributed by atoms with van der Waals surface area (Å²) in [4.78, 5) is 11.9. The van der Waals surface area contributed by atoms with Crippen LogP contribution in [0.5, 0.6) is 0 Å². The third-order valence-corrected chi connectivity index (χ3v) is 4.47. The van der Waals surface area contributed by atoms with Gasteiger partial charge in [-0.3, -0.25) is 4.79 Å². The van der Waals surface area contributed by atoms with Crippen LogP contribution in [0.2, 0.25) is 0 Å². The zero-order valence-electron chi connectivity index (χ0n) is 9.58. The van der Waals surface area contributed by atoms with Gasteiger partial charge in [0, 0.05) is 12.1 Å². The van der Waals surface area contributed by atoms with Crippen LogP contribution in [0.1, 0.15) is 39.5 Å². The van der Waals surface area contributed by atoms with Gasteiger partial charge in [0.15, 0.2) is 0 Å². The standard InChI is InChI=1S/C11H21NO2S/c1-3-11(2,6-7-13)12-10(14)9-5-4-8-15-9/h9,13H,3-8H2,1-2H3,(H,12,14). The van der Waals surface area contributed by atoms with Crippen LogP contribution >= 0.6 is 11.8 Å². The molecule has 0 aliphatic carbocycles. The number of hydrogen-bond donors (Lipinski definition) is 2. The average Bonchev–Trinajstić information content (AvgIpc) is 2.71. The highest BCUT2D eigenvalue weighted by atomic mass is 32.2. The van der Waals surface area contributed by atoms with E-state index in [2.05, 4.69) is 5.32 Å². The van der Waals surface area contributed by atoms with Gasteiger partial charge in [0.1, 0.15) is 0 Å². The van der Waals surface area contributed by atoms with Crippen molar-refractivity contribution in [3.63, 3.8) is 0 Å². The Bertz CT molecular complexity index is 217. The largest absolute Gasteiger partial charge is 0.396 e. The zero-order valence-corrected chi connectivity index (χ0v) is 10.4. The quantitative estimate of drug-likeness (QED) is 0.755. The maximum absolute atomic E-state index is 11.9. The fourth-order valence-electron chi connectivity index (χ4n) is 1.74. The van der Waals surface area contributed by atoms with E-state index < -0.39 is 0 Å². The second-order valence-corrected chi connectivity index (χ2v) is 5.69. The van der Waals surface area contributed by atoms with Gasteiger partial charge < -0.3 is 10.4 Å². The molecular weight excluding hydrogens is 210 g/mol. The summed E-state index contributed by atoms with van der Waals surface area (Å²) in [6.45, 7) is 4.17. The third-order valence-electron chi connectivity index (χ3n) is 3.09. The smallest absolute Gasteiger partial charge is 0.233 e. The van der Waals surface area contributed by atoms with Crippen molar-refractivity contribution >= 4 is 17.7 Å². The van der Waals surface area contributed by atoms with Gasteiger partial charge >= 0.3 is 0 Å². The lowest BCUT2D eigenvalue weighted by Crippen LogP contribution is -2.48. The number of aliphatic hydroxyl groups excluding tert-OH is 1. The molecule has 0 saturated carbocycles. The number of carbonyl (C=O) groups is 1. The molecule has 1 fully saturated rings. The molecule has 1 heterocycles. The minimum Gasteiger partial charge on any atom is -0.396 e. The second-order valence-electron chi connectivity index (χ2n) is 4.38. The number of thioether (sulfide) groups is 1. The van der Waals surface area contributed by atoms with E-state index in [-0.39, 0.29) is 23.3 Å². The number of rotatable bonds is 5. The molecule has 0 radical (unpaired) electrons. The van der Waals surface area contributed by atoms with Crippen molar-refractivity contribution < 1.29 is 9.90 Å². The molecule has 1 aliphatic rings. The van der Waals surface area contributed by atoms with Crippen LogP contribution < -0.4 is 5.32 Å². The number of carbonyl (C=O) groups excluding carboxylic acids is 1. The number of hydrogen-bond acceptors (Lipinski definition) is 3. The van der Waals surface area contributed by atoms with Crippen LogP contribution in [0.15, 0.2) is 0 Å². The van der Waals surface area contributed by atoms with Gasteiger partial charge in [-0.15, -0.1) is 11.8 Å². The molecule has 3 nitrogen and oxygen atoms in total. The molecule has 2 N–H and O–H groups in total. The topological polar surface area (TPSA) is 49.3 Å². The highest BCUT2D eigenvalue weighted by Crippen LogP contribution is 2.27. The molecule has 2 atom stereocenters. The highest BCUT2D eigenvalue weighted by molar-refractivity contribution is 8.00. The van der Waals surface area contributed by atoms with Crippen molar-refractivity contribution in [2.75, 3.05) is 12.4 Å². The Hall–Kier alpha value is -0.220. The van der Waals surface area contributed by atoms with Gasteiger partial charge in [0.05, 0.1) is 5.25 Å². The molecule has 1 rings (SSSR count). The van der Waals surface area contributed by atoms with E-state index >= 15 is 0 Å². The van der Waals surface area contributed by atoms with Gasteiger partial charge in [0.2, 0.25) is 5.91 Å². The Morgan fingerprint density at radius 2 is 2.40 bits per heavy atom. The molecule has 0 aromatic heterocycles. The van der Waals surface area contributed by atoms with Crippen molar-refractivity contribution in [1.29, 1.82) is 0 Å².